The van der Waals surface area contributed by atoms with Gasteiger partial charge in [0.1, 0.15) is 63.6 Å². The largest absolute Gasteiger partial charge is 0.506 e. The molecule has 10 aromatic carbocycles. The normalized spacial score (nSPS) is 13.1. The number of ether oxygens (including phenoxy) is 2. The number of nitrogens with one attached hydrogen (secondary N) is 1. The first-order chi connectivity index (χ1) is 43.4. The Morgan fingerprint density at radius 3 is 1.25 bits per heavy atom. The molecule has 0 saturated carbocycles. The lowest BCUT2D eigenvalue weighted by Crippen LogP contribution is -2.03. The topological polar surface area (TPSA) is 496 Å². The van der Waals surface area contributed by atoms with Gasteiger partial charge in [-0.3, -0.25) is 27.3 Å². The fourth-order valence-electron chi connectivity index (χ4n) is 9.71. The molecule has 0 amide bonds. The standard InChI is InChI=1S/C56H43N9O22S6/c1-27-15-43(45(66)25-41(27)60-58-33-21-39-37(49(23-33)90(74,75)76)7-5-9-47(39)88(68,69)70)62-65-54-52(93(83,84)85)20-30-18-32(12-14-36(30)56(54)87-4)57-31-11-13-35-29(17-31)19-51(92(80,81)82)53(55(35)67)64-63-44-16-28(2)42(26-46(44)86-3)61-59-34-22-40-38(50(24-34)91(77,78)79)8-6-10-48(40)89(71,72)73/h5-26,57,66-67H,1-4H3,(H,68,69,70)(H,71,72,73)(H,74,75,76)(H,77,78,79)(H,80,81,82)(H,83,84,85). The van der Waals surface area contributed by atoms with E-state index in [9.17, 15) is 88.0 Å². The van der Waals surface area contributed by atoms with Gasteiger partial charge in [0.15, 0.2) is 11.5 Å². The molecule has 0 fully saturated rings. The molecule has 0 saturated heterocycles. The molecule has 93 heavy (non-hydrogen) atoms. The van der Waals surface area contributed by atoms with Crippen LogP contribution in [0.15, 0.2) is 204 Å². The van der Waals surface area contributed by atoms with Crippen LogP contribution in [-0.4, -0.2) is 102 Å². The predicted molar refractivity (Wildman–Crippen MR) is 333 cm³/mol. The zero-order valence-corrected chi connectivity index (χ0v) is 52.4. The molecule has 31 nitrogen and oxygen atoms in total. The van der Waals surface area contributed by atoms with Crippen LogP contribution in [0.1, 0.15) is 11.1 Å². The smallest absolute Gasteiger partial charge is 0.296 e. The number of anilines is 2. The van der Waals surface area contributed by atoms with Crippen molar-refractivity contribution >= 4 is 161 Å². The molecule has 0 atom stereocenters. The summed E-state index contributed by atoms with van der Waals surface area (Å²) in [5.41, 5.74) is -1.03. The maximum atomic E-state index is 13.0. The van der Waals surface area contributed by atoms with Crippen molar-refractivity contribution in [3.05, 3.63) is 145 Å². The lowest BCUT2D eigenvalue weighted by atomic mass is 10.1. The van der Waals surface area contributed by atoms with E-state index >= 15 is 0 Å². The van der Waals surface area contributed by atoms with Gasteiger partial charge in [0, 0.05) is 55.8 Å². The molecule has 0 unspecified atom stereocenters. The van der Waals surface area contributed by atoms with Crippen molar-refractivity contribution < 1.29 is 97.5 Å². The van der Waals surface area contributed by atoms with Crippen molar-refractivity contribution in [3.63, 3.8) is 0 Å². The Morgan fingerprint density at radius 1 is 0.355 bits per heavy atom. The third-order valence-corrected chi connectivity index (χ3v) is 19.2. The van der Waals surface area contributed by atoms with Crippen molar-refractivity contribution in [2.45, 2.75) is 43.2 Å². The van der Waals surface area contributed by atoms with Crippen molar-refractivity contribution in [1.29, 1.82) is 0 Å². The number of aryl methyl sites for hydroxylation is 2. The first-order valence-electron chi connectivity index (χ1n) is 25.8. The Hall–Kier alpha value is -9.90. The molecule has 0 aliphatic carbocycles. The second kappa shape index (κ2) is 24.3. The summed E-state index contributed by atoms with van der Waals surface area (Å²) in [6.45, 7) is 3.01. The van der Waals surface area contributed by atoms with Crippen LogP contribution in [0, 0.1) is 13.8 Å². The molecule has 0 bridgehead atoms. The molecule has 9 N–H and O–H groups in total. The number of benzene rings is 10. The molecular formula is C56H43N9O22S6. The summed E-state index contributed by atoms with van der Waals surface area (Å²) < 4.78 is 221. The highest BCUT2D eigenvalue weighted by Gasteiger charge is 2.27. The number of aromatic hydroxyl groups is 2. The summed E-state index contributed by atoms with van der Waals surface area (Å²) in [7, 11) is -27.7. The van der Waals surface area contributed by atoms with Gasteiger partial charge in [-0.1, -0.05) is 24.3 Å². The van der Waals surface area contributed by atoms with Gasteiger partial charge >= 0.3 is 0 Å². The second-order valence-corrected chi connectivity index (χ2v) is 28.3. The van der Waals surface area contributed by atoms with Crippen LogP contribution in [0.2, 0.25) is 0 Å². The molecule has 10 rings (SSSR count). The number of methoxy groups -OCH3 is 2. The summed E-state index contributed by atoms with van der Waals surface area (Å²) in [5, 5.41) is 57.3. The van der Waals surface area contributed by atoms with Gasteiger partial charge in [0.2, 0.25) is 0 Å². The van der Waals surface area contributed by atoms with Crippen molar-refractivity contribution in [2.75, 3.05) is 19.5 Å². The molecule has 480 valence electrons. The van der Waals surface area contributed by atoms with Crippen molar-refractivity contribution in [1.82, 2.24) is 0 Å². The minimum atomic E-state index is -5.17. The number of phenolic OH excluding ortho intramolecular Hbond substituents is 2. The number of hydrogen-bond acceptors (Lipinski definition) is 25. The van der Waals surface area contributed by atoms with E-state index in [0.29, 0.717) is 5.56 Å². The van der Waals surface area contributed by atoms with Crippen LogP contribution in [-0.2, 0) is 60.7 Å². The van der Waals surface area contributed by atoms with Crippen LogP contribution in [0.5, 0.6) is 23.0 Å². The first-order valence-corrected chi connectivity index (χ1v) is 34.5. The highest BCUT2D eigenvalue weighted by Crippen LogP contribution is 2.47. The molecular weight excluding hydrogens is 1340 g/mol. The Balaban J connectivity index is 0.922. The van der Waals surface area contributed by atoms with E-state index in [4.69, 9.17) is 9.47 Å². The molecule has 10 aromatic rings. The van der Waals surface area contributed by atoms with Crippen LogP contribution >= 0.6 is 0 Å². The van der Waals surface area contributed by atoms with Crippen molar-refractivity contribution in [3.8, 4) is 23.0 Å². The lowest BCUT2D eigenvalue weighted by Gasteiger charge is -2.14. The van der Waals surface area contributed by atoms with E-state index in [1.54, 1.807) is 0 Å². The highest BCUT2D eigenvalue weighted by atomic mass is 32.2. The van der Waals surface area contributed by atoms with Crippen LogP contribution in [0.3, 0.4) is 0 Å². The number of hydrogen-bond donors (Lipinski definition) is 9. The third kappa shape index (κ3) is 13.7. The third-order valence-electron chi connectivity index (χ3n) is 13.9. The summed E-state index contributed by atoms with van der Waals surface area (Å²) in [5.74, 6) is -1.62. The Morgan fingerprint density at radius 2 is 0.774 bits per heavy atom. The van der Waals surface area contributed by atoms with E-state index in [1.807, 2.05) is 0 Å². The Bertz CT molecular complexity index is 5760. The van der Waals surface area contributed by atoms with Crippen molar-refractivity contribution in [2.24, 2.45) is 40.9 Å². The van der Waals surface area contributed by atoms with Crippen LogP contribution in [0.4, 0.5) is 56.9 Å². The predicted octanol–water partition coefficient (Wildman–Crippen LogP) is 13.2. The maximum Gasteiger partial charge on any atom is 0.296 e. The number of fused-ring (bicyclic) bond motifs is 4. The average Bonchev–Trinajstić information content (AvgIpc) is 0.784. The summed E-state index contributed by atoms with van der Waals surface area (Å²) in [6, 6.07) is 26.4. The van der Waals surface area contributed by atoms with E-state index < -0.39 is 113 Å². The average molecular weight is 1390 g/mol. The van der Waals surface area contributed by atoms with E-state index in [-0.39, 0.29) is 106 Å². The van der Waals surface area contributed by atoms with E-state index in [2.05, 4.69) is 46.2 Å². The molecule has 0 aliphatic rings. The zero-order chi connectivity index (χ0) is 67.7. The SMILES string of the molecule is COc1cc(N=Nc2cc(S(=O)(=O)O)c3cccc(S(=O)(=O)O)c3c2)c(C)cc1N=Nc1c(S(=O)(=O)O)cc2cc(Nc3ccc4c(OC)c(N=Nc5cc(C)c(N=Nc6cc(S(=O)(=O)O)c7cccc(S(=O)(=O)O)c7c6)cc5O)c(S(=O)(=O)O)cc4c3)ccc2c1O. The molecule has 0 spiro atoms. The zero-order valence-electron chi connectivity index (χ0n) is 47.5. The summed E-state index contributed by atoms with van der Waals surface area (Å²) >= 11 is 0. The van der Waals surface area contributed by atoms with Gasteiger partial charge in [-0.15, -0.1) is 20.5 Å². The van der Waals surface area contributed by atoms with Crippen LogP contribution in [0.25, 0.3) is 43.1 Å². The van der Waals surface area contributed by atoms with E-state index in [1.165, 1.54) is 94.8 Å². The number of phenols is 2. The van der Waals surface area contributed by atoms with Gasteiger partial charge in [-0.2, -0.15) is 71.0 Å². The lowest BCUT2D eigenvalue weighted by molar-refractivity contribution is 0.416. The molecule has 0 aromatic heterocycles. The number of nitrogens with zero attached hydrogens (tertiary/aromatic N) is 8. The quantitative estimate of drug-likeness (QED) is 0.0284. The van der Waals surface area contributed by atoms with E-state index in [0.717, 1.165) is 66.7 Å². The van der Waals surface area contributed by atoms with Gasteiger partial charge < -0.3 is 25.0 Å². The molecule has 37 heteroatoms. The molecule has 0 aliphatic heterocycles. The van der Waals surface area contributed by atoms with Gasteiger partial charge in [0.05, 0.1) is 37.0 Å². The fourth-order valence-corrected chi connectivity index (χ4v) is 13.9. The second-order valence-electron chi connectivity index (χ2n) is 20.0. The molecule has 0 radical (unpaired) electrons. The fraction of sp³-hybridized carbons (Fsp3) is 0.0714. The number of rotatable bonds is 18. The highest BCUT2D eigenvalue weighted by molar-refractivity contribution is 7.87. The Labute approximate surface area is 526 Å². The minimum Gasteiger partial charge on any atom is -0.506 e. The monoisotopic (exact) mass is 1390 g/mol. The van der Waals surface area contributed by atoms with Crippen LogP contribution < -0.4 is 14.8 Å². The maximum absolute atomic E-state index is 13.0. The summed E-state index contributed by atoms with van der Waals surface area (Å²) in [4.78, 5) is -4.55. The first kappa shape index (κ1) is 66.0. The van der Waals surface area contributed by atoms with Gasteiger partial charge in [-0.05, 0) is 133 Å². The van der Waals surface area contributed by atoms with Gasteiger partial charge in [-0.25, -0.2) is 0 Å². The Kier molecular flexibility index (Phi) is 17.2. The number of azo groups is 4. The minimum absolute atomic E-state index is 0.0142. The molecule has 0 heterocycles. The van der Waals surface area contributed by atoms with Gasteiger partial charge in [0.25, 0.3) is 60.7 Å². The summed E-state index contributed by atoms with van der Waals surface area (Å²) in [6.07, 6.45) is 0.